The Balaban J connectivity index is 1.19. The average molecular weight is 645 g/mol. The number of hydrogen-bond acceptors (Lipinski definition) is 6. The van der Waals surface area contributed by atoms with E-state index in [-0.39, 0.29) is 23.9 Å². The number of rotatable bonds is 7. The van der Waals surface area contributed by atoms with Gasteiger partial charge in [-0.3, -0.25) is 9.59 Å². The van der Waals surface area contributed by atoms with Crippen LogP contribution in [0.1, 0.15) is 48.0 Å². The Labute approximate surface area is 278 Å². The van der Waals surface area contributed by atoms with E-state index in [4.69, 9.17) is 20.2 Å². The fraction of sp³-hybridized carbons (Fsp3) is 0.395. The van der Waals surface area contributed by atoms with Crippen LogP contribution in [-0.2, 0) is 24.8 Å². The summed E-state index contributed by atoms with van der Waals surface area (Å²) in [7, 11) is 5.35. The van der Waals surface area contributed by atoms with E-state index in [1.54, 1.807) is 14.2 Å². The molecule has 10 heteroatoms. The van der Waals surface area contributed by atoms with Gasteiger partial charge in [-0.15, -0.1) is 0 Å². The molecule has 5 aromatic rings. The van der Waals surface area contributed by atoms with E-state index in [0.29, 0.717) is 42.5 Å². The predicted octanol–water partition coefficient (Wildman–Crippen LogP) is 5.74. The molecule has 2 aromatic heterocycles. The van der Waals surface area contributed by atoms with E-state index in [9.17, 15) is 9.59 Å². The third-order valence-corrected chi connectivity index (χ3v) is 11.2. The number of methoxy groups -OCH3 is 2. The van der Waals surface area contributed by atoms with Gasteiger partial charge in [-0.05, 0) is 73.8 Å². The topological polar surface area (TPSA) is 117 Å². The van der Waals surface area contributed by atoms with E-state index in [1.165, 1.54) is 12.8 Å². The van der Waals surface area contributed by atoms with Crippen molar-refractivity contribution in [2.45, 2.75) is 57.2 Å². The molecule has 0 radical (unpaired) electrons. The summed E-state index contributed by atoms with van der Waals surface area (Å²) in [6.07, 6.45) is 5.63. The molecule has 10 nitrogen and oxygen atoms in total. The molecule has 2 amide bonds. The maximum atomic E-state index is 13.8. The summed E-state index contributed by atoms with van der Waals surface area (Å²) in [6, 6.07) is 16.7. The fourth-order valence-corrected chi connectivity index (χ4v) is 8.53. The molecule has 2 saturated carbocycles. The first kappa shape index (κ1) is 29.3. The van der Waals surface area contributed by atoms with Crippen LogP contribution in [0, 0.1) is 11.8 Å². The van der Waals surface area contributed by atoms with Crippen molar-refractivity contribution in [3.8, 4) is 34.1 Å². The smallest absolute Gasteiger partial charge is 0.254 e. The van der Waals surface area contributed by atoms with Crippen molar-refractivity contribution >= 4 is 39.4 Å². The van der Waals surface area contributed by atoms with Gasteiger partial charge < -0.3 is 34.6 Å². The highest BCUT2D eigenvalue weighted by molar-refractivity contribution is 6.03. The Morgan fingerprint density at radius 1 is 0.979 bits per heavy atom. The maximum absolute atomic E-state index is 13.8. The lowest BCUT2D eigenvalue weighted by Crippen LogP contribution is -2.41. The monoisotopic (exact) mass is 644 g/mol. The van der Waals surface area contributed by atoms with E-state index in [2.05, 4.69) is 44.8 Å². The highest BCUT2D eigenvalue weighted by Crippen LogP contribution is 2.44. The lowest BCUT2D eigenvalue weighted by Gasteiger charge is -2.27. The van der Waals surface area contributed by atoms with Crippen molar-refractivity contribution in [1.82, 2.24) is 19.0 Å². The Kier molecular flexibility index (Phi) is 6.63. The summed E-state index contributed by atoms with van der Waals surface area (Å²) < 4.78 is 16.3. The molecule has 3 N–H and O–H groups in total. The number of aromatic nitrogens is 3. The minimum atomic E-state index is -0.00361. The summed E-state index contributed by atoms with van der Waals surface area (Å²) in [4.78, 5) is 33.1. The Morgan fingerprint density at radius 2 is 1.81 bits per heavy atom. The molecule has 3 aromatic carbocycles. The van der Waals surface area contributed by atoms with Crippen LogP contribution in [0.15, 0.2) is 48.5 Å². The standard InChI is InChI=1S/C38H40N6O4/c1-42-36-28(14-24(16-32(36)48-3)38(46)44-19-23-9-11-29(44)34(23)39)41-37(42)30-15-22-5-4-6-25(35(22)43(30)18-20-7-8-20)26-13-21-10-12-33(45)40-27(21)17-31(26)47-2/h4-6,13-17,20,23,29,34H,7-12,18-19,39H2,1-3H3,(H,40,45)/t23-,29-,34-/m1/s1. The number of fused-ring (bicyclic) bond motifs is 5. The molecule has 4 heterocycles. The number of carbonyl (C=O) groups excluding carboxylic acids is 2. The Morgan fingerprint density at radius 3 is 2.54 bits per heavy atom. The van der Waals surface area contributed by atoms with Crippen LogP contribution in [0.3, 0.4) is 0 Å². The van der Waals surface area contributed by atoms with Gasteiger partial charge in [0, 0.05) is 72.5 Å². The summed E-state index contributed by atoms with van der Waals surface area (Å²) >= 11 is 0. The lowest BCUT2D eigenvalue weighted by molar-refractivity contribution is -0.116. The quantitative estimate of drug-likeness (QED) is 0.234. The van der Waals surface area contributed by atoms with Crippen LogP contribution in [-0.4, -0.2) is 63.7 Å². The zero-order valence-electron chi connectivity index (χ0n) is 27.6. The molecule has 0 unspecified atom stereocenters. The van der Waals surface area contributed by atoms with E-state index < -0.39 is 0 Å². The van der Waals surface area contributed by atoms with Gasteiger partial charge in [0.25, 0.3) is 5.91 Å². The second-order valence-electron chi connectivity index (χ2n) is 14.1. The largest absolute Gasteiger partial charge is 0.496 e. The first-order chi connectivity index (χ1) is 23.3. The van der Waals surface area contributed by atoms with Crippen molar-refractivity contribution in [3.63, 3.8) is 0 Å². The van der Waals surface area contributed by atoms with Gasteiger partial charge in [-0.25, -0.2) is 4.98 Å². The number of para-hydroxylation sites is 1. The van der Waals surface area contributed by atoms with Gasteiger partial charge in [0.15, 0.2) is 5.82 Å². The molecule has 246 valence electrons. The van der Waals surface area contributed by atoms with Gasteiger partial charge >= 0.3 is 0 Å². The van der Waals surface area contributed by atoms with Crippen LogP contribution in [0.2, 0.25) is 0 Å². The number of carbonyl (C=O) groups is 2. The summed E-state index contributed by atoms with van der Waals surface area (Å²) in [6.45, 7) is 1.59. The van der Waals surface area contributed by atoms with Gasteiger partial charge in [0.1, 0.15) is 17.0 Å². The van der Waals surface area contributed by atoms with Crippen molar-refractivity contribution < 1.29 is 19.1 Å². The van der Waals surface area contributed by atoms with Crippen LogP contribution in [0.4, 0.5) is 5.69 Å². The number of amides is 2. The molecule has 9 rings (SSSR count). The summed E-state index contributed by atoms with van der Waals surface area (Å²) in [5.41, 5.74) is 14.8. The average Bonchev–Trinajstić information content (AvgIpc) is 3.48. The molecule has 2 aliphatic heterocycles. The number of hydrogen-bond donors (Lipinski definition) is 2. The fourth-order valence-electron chi connectivity index (χ4n) is 8.53. The molecule has 3 atom stereocenters. The Bertz CT molecular complexity index is 2160. The number of nitrogens with one attached hydrogen (secondary N) is 1. The molecular formula is C38H40N6O4. The van der Waals surface area contributed by atoms with Gasteiger partial charge in [0.2, 0.25) is 5.91 Å². The summed E-state index contributed by atoms with van der Waals surface area (Å²) in [5.74, 6) is 3.18. The SMILES string of the molecule is COc1cc2c(cc1-c1cccc3cc(-c4nc5cc(C(=O)N6C[C@H]7CC[C@@H]6[C@@H]7N)cc(OC)c5n4C)n(CC4CC4)c13)CCC(=O)N2. The predicted molar refractivity (Wildman–Crippen MR) is 185 cm³/mol. The zero-order chi connectivity index (χ0) is 32.8. The molecule has 2 aliphatic carbocycles. The van der Waals surface area contributed by atoms with E-state index in [1.807, 2.05) is 30.1 Å². The second kappa shape index (κ2) is 10.8. The minimum Gasteiger partial charge on any atom is -0.496 e. The number of piperidine rings is 1. The van der Waals surface area contributed by atoms with E-state index in [0.717, 1.165) is 81.0 Å². The molecule has 3 fully saturated rings. The molecule has 1 saturated heterocycles. The number of nitrogens with zero attached hydrogens (tertiary/aromatic N) is 4. The number of imidazole rings is 1. The van der Waals surface area contributed by atoms with Gasteiger partial charge in [-0.2, -0.15) is 0 Å². The van der Waals surface area contributed by atoms with Crippen LogP contribution in [0.5, 0.6) is 11.5 Å². The molecule has 0 spiro atoms. The second-order valence-corrected chi connectivity index (χ2v) is 14.1. The number of nitrogens with two attached hydrogens (primary N) is 1. The summed E-state index contributed by atoms with van der Waals surface area (Å²) in [5, 5.41) is 4.13. The van der Waals surface area contributed by atoms with Gasteiger partial charge in [0.05, 0.1) is 30.9 Å². The molecule has 4 aliphatic rings. The molecule has 2 bridgehead atoms. The number of anilines is 1. The number of benzene rings is 3. The molecular weight excluding hydrogens is 604 g/mol. The number of aryl methyl sites for hydroxylation is 2. The van der Waals surface area contributed by atoms with Crippen LogP contribution < -0.4 is 20.5 Å². The molecule has 48 heavy (non-hydrogen) atoms. The Hall–Kier alpha value is -4.83. The first-order valence-corrected chi connectivity index (χ1v) is 17.1. The van der Waals surface area contributed by atoms with Crippen LogP contribution >= 0.6 is 0 Å². The first-order valence-electron chi connectivity index (χ1n) is 17.1. The van der Waals surface area contributed by atoms with Crippen molar-refractivity contribution in [1.29, 1.82) is 0 Å². The van der Waals surface area contributed by atoms with Crippen LogP contribution in [0.25, 0.3) is 44.6 Å². The number of likely N-dealkylation sites (tertiary alicyclic amines) is 1. The third kappa shape index (κ3) is 4.45. The zero-order valence-corrected chi connectivity index (χ0v) is 27.6. The minimum absolute atomic E-state index is 0.00361. The van der Waals surface area contributed by atoms with Crippen molar-refractivity contribution in [3.05, 3.63) is 59.7 Å². The van der Waals surface area contributed by atoms with Crippen molar-refractivity contribution in [2.75, 3.05) is 26.1 Å². The van der Waals surface area contributed by atoms with E-state index >= 15 is 0 Å². The van der Waals surface area contributed by atoms with Crippen molar-refractivity contribution in [2.24, 2.45) is 24.6 Å². The number of ether oxygens (including phenoxy) is 2. The van der Waals surface area contributed by atoms with Gasteiger partial charge in [-0.1, -0.05) is 18.2 Å². The lowest BCUT2D eigenvalue weighted by atomic mass is 9.95. The maximum Gasteiger partial charge on any atom is 0.254 e. The third-order valence-electron chi connectivity index (χ3n) is 11.2. The highest BCUT2D eigenvalue weighted by atomic mass is 16.5. The highest BCUT2D eigenvalue weighted by Gasteiger charge is 2.47. The normalized spacial score (nSPS) is 21.6.